The van der Waals surface area contributed by atoms with Gasteiger partial charge in [0.25, 0.3) is 10.0 Å². The van der Waals surface area contributed by atoms with Crippen molar-refractivity contribution in [3.05, 3.63) is 70.8 Å². The molecule has 4 rings (SSSR count). The van der Waals surface area contributed by atoms with E-state index in [9.17, 15) is 27.9 Å². The summed E-state index contributed by atoms with van der Waals surface area (Å²) >= 11 is 12.1. The zero-order valence-electron chi connectivity index (χ0n) is 29.3. The van der Waals surface area contributed by atoms with Crippen LogP contribution in [0.1, 0.15) is 48.0 Å². The molecule has 0 saturated heterocycles. The molecule has 17 heteroatoms. The van der Waals surface area contributed by atoms with Crippen molar-refractivity contribution in [3.63, 3.8) is 0 Å². The number of halogens is 2. The molecular weight excluding hydrogens is 723 g/mol. The number of carboxylic acid groups (broad SMARTS) is 1. The summed E-state index contributed by atoms with van der Waals surface area (Å²) in [6.45, 7) is 10.2. The van der Waals surface area contributed by atoms with E-state index in [-0.39, 0.29) is 33.0 Å². The highest BCUT2D eigenvalue weighted by molar-refractivity contribution is 7.92. The second-order valence-corrected chi connectivity index (χ2v) is 16.3. The number of anilines is 2. The van der Waals surface area contributed by atoms with Crippen molar-refractivity contribution in [3.8, 4) is 5.82 Å². The van der Waals surface area contributed by atoms with E-state index in [1.165, 1.54) is 34.1 Å². The minimum Gasteiger partial charge on any atom is -0.480 e. The monoisotopic (exact) mass is 762 g/mol. The predicted octanol–water partition coefficient (Wildman–Crippen LogP) is 7.01. The van der Waals surface area contributed by atoms with Crippen LogP contribution in [0, 0.1) is 0 Å². The molecule has 0 bridgehead atoms. The largest absolute Gasteiger partial charge is 0.480 e. The van der Waals surface area contributed by atoms with Gasteiger partial charge < -0.3 is 19.5 Å². The van der Waals surface area contributed by atoms with Crippen molar-refractivity contribution >= 4 is 73.8 Å². The molecule has 0 aliphatic heterocycles. The molecule has 0 aliphatic rings. The van der Waals surface area contributed by atoms with Crippen LogP contribution in [-0.2, 0) is 24.3 Å². The van der Waals surface area contributed by atoms with Gasteiger partial charge in [-0.05, 0) is 103 Å². The summed E-state index contributed by atoms with van der Waals surface area (Å²) in [4.78, 5) is 39.9. The zero-order chi connectivity index (χ0) is 37.9. The molecule has 0 saturated carbocycles. The highest BCUT2D eigenvalue weighted by Gasteiger charge is 2.29. The minimum absolute atomic E-state index is 0.0797. The number of aliphatic carboxylic acids is 1. The topological polar surface area (TPSA) is 164 Å². The molecule has 0 aliphatic carbocycles. The van der Waals surface area contributed by atoms with Gasteiger partial charge in [-0.25, -0.2) is 18.0 Å². The van der Waals surface area contributed by atoms with E-state index < -0.39 is 45.9 Å². The molecule has 0 unspecified atom stereocenters. The minimum atomic E-state index is -4.38. The van der Waals surface area contributed by atoms with Gasteiger partial charge in [0, 0.05) is 41.8 Å². The lowest BCUT2D eigenvalue weighted by atomic mass is 10.2. The molecule has 14 nitrogen and oxygen atoms in total. The van der Waals surface area contributed by atoms with Gasteiger partial charge in [0.1, 0.15) is 17.7 Å². The maximum atomic E-state index is 13.6. The van der Waals surface area contributed by atoms with Crippen molar-refractivity contribution in [2.75, 3.05) is 35.9 Å². The molecule has 0 spiro atoms. The Morgan fingerprint density at radius 1 is 0.843 bits per heavy atom. The average Bonchev–Trinajstić information content (AvgIpc) is 3.43. The van der Waals surface area contributed by atoms with Crippen molar-refractivity contribution in [2.45, 2.75) is 64.1 Å². The van der Waals surface area contributed by atoms with Crippen molar-refractivity contribution in [1.82, 2.24) is 19.7 Å². The third-order valence-electron chi connectivity index (χ3n) is 7.02. The summed E-state index contributed by atoms with van der Waals surface area (Å²) in [5.74, 6) is -0.753. The molecule has 51 heavy (non-hydrogen) atoms. The number of carbonyl (C=O) groups is 3. The van der Waals surface area contributed by atoms with Crippen LogP contribution in [0.5, 0.6) is 0 Å². The van der Waals surface area contributed by atoms with Gasteiger partial charge in [0.15, 0.2) is 11.6 Å². The molecule has 2 amide bonds. The highest BCUT2D eigenvalue weighted by Crippen LogP contribution is 2.31. The number of nitrogens with zero attached hydrogens (tertiary/aromatic N) is 6. The fourth-order valence-corrected chi connectivity index (χ4v) is 6.96. The second-order valence-electron chi connectivity index (χ2n) is 13.6. The fourth-order valence-electron chi connectivity index (χ4n) is 4.83. The SMILES string of the molecule is CN(CCCN(C(=O)OC(C)(C)C)c1ccc(-n2ccc3cc(N(CC(=O)O)S(=O)(=O)c4cc(Cl)cc(Cl)c4)ccc32)nn1)C(=O)OC(C)(C)C. The lowest BCUT2D eigenvalue weighted by Gasteiger charge is -2.28. The Hall–Kier alpha value is -4.60. The summed E-state index contributed by atoms with van der Waals surface area (Å²) < 4.78 is 40.7. The van der Waals surface area contributed by atoms with Crippen LogP contribution in [0.4, 0.5) is 21.1 Å². The Bertz CT molecular complexity index is 2000. The molecule has 2 aromatic heterocycles. The van der Waals surface area contributed by atoms with Crippen LogP contribution < -0.4 is 9.21 Å². The number of sulfonamides is 1. The Morgan fingerprint density at radius 2 is 1.47 bits per heavy atom. The smallest absolute Gasteiger partial charge is 0.416 e. The lowest BCUT2D eigenvalue weighted by Crippen LogP contribution is -2.40. The molecule has 1 N–H and O–H groups in total. The Morgan fingerprint density at radius 3 is 2.04 bits per heavy atom. The van der Waals surface area contributed by atoms with E-state index in [2.05, 4.69) is 10.2 Å². The van der Waals surface area contributed by atoms with Gasteiger partial charge in [0.05, 0.1) is 16.1 Å². The Labute approximate surface area is 306 Å². The first-order valence-corrected chi connectivity index (χ1v) is 17.9. The van der Waals surface area contributed by atoms with Crippen LogP contribution in [0.3, 0.4) is 0 Å². The number of rotatable bonds is 11. The number of carbonyl (C=O) groups excluding carboxylic acids is 2. The van der Waals surface area contributed by atoms with E-state index in [4.69, 9.17) is 32.7 Å². The standard InChI is InChI=1S/C34H40Cl2N6O8S/c1-33(2,3)49-31(45)39(7)14-8-15-41(32(46)50-34(4,5)6)29-12-11-28(37-38-29)40-16-13-22-17-25(9-10-27(22)40)42(21-30(43)44)51(47,48)26-19-23(35)18-24(36)20-26/h9-13,16-20H,8,14-15,21H2,1-7H3,(H,43,44). The van der Waals surface area contributed by atoms with E-state index in [0.29, 0.717) is 29.7 Å². The molecule has 0 atom stereocenters. The van der Waals surface area contributed by atoms with Crippen LogP contribution in [0.15, 0.2) is 65.7 Å². The molecule has 0 fully saturated rings. The van der Waals surface area contributed by atoms with Gasteiger partial charge in [-0.2, -0.15) is 0 Å². The number of aromatic nitrogens is 3. The highest BCUT2D eigenvalue weighted by atomic mass is 35.5. The van der Waals surface area contributed by atoms with Crippen molar-refractivity contribution < 1.29 is 37.4 Å². The predicted molar refractivity (Wildman–Crippen MR) is 195 cm³/mol. The van der Waals surface area contributed by atoms with E-state index >= 15 is 0 Å². The molecule has 4 aromatic rings. The van der Waals surface area contributed by atoms with Crippen LogP contribution in [0.2, 0.25) is 10.0 Å². The summed E-state index contributed by atoms with van der Waals surface area (Å²) in [6.07, 6.45) is 0.971. The van der Waals surface area contributed by atoms with E-state index in [1.807, 2.05) is 0 Å². The number of ether oxygens (including phenoxy) is 2. The quantitative estimate of drug-likeness (QED) is 0.168. The number of hydrogen-bond donors (Lipinski definition) is 1. The molecule has 274 valence electrons. The Balaban J connectivity index is 1.60. The van der Waals surface area contributed by atoms with Crippen molar-refractivity contribution in [1.29, 1.82) is 0 Å². The first-order chi connectivity index (χ1) is 23.6. The van der Waals surface area contributed by atoms with Crippen molar-refractivity contribution in [2.24, 2.45) is 0 Å². The molecule has 2 heterocycles. The number of amides is 2. The summed E-state index contributed by atoms with van der Waals surface area (Å²) in [7, 11) is -2.76. The summed E-state index contributed by atoms with van der Waals surface area (Å²) in [6, 6.07) is 13.4. The van der Waals surface area contributed by atoms with Gasteiger partial charge in [0.2, 0.25) is 0 Å². The maximum absolute atomic E-state index is 13.6. The van der Waals surface area contributed by atoms with Gasteiger partial charge in [-0.15, -0.1) is 10.2 Å². The first-order valence-electron chi connectivity index (χ1n) is 15.7. The molecule has 2 aromatic carbocycles. The molecular formula is C34H40Cl2N6O8S. The summed E-state index contributed by atoms with van der Waals surface area (Å²) in [5, 5.41) is 19.0. The van der Waals surface area contributed by atoms with E-state index in [1.54, 1.807) is 89.7 Å². The normalized spacial score (nSPS) is 12.0. The van der Waals surface area contributed by atoms with Crippen LogP contribution >= 0.6 is 23.2 Å². The van der Waals surface area contributed by atoms with Gasteiger partial charge in [-0.3, -0.25) is 18.6 Å². The Kier molecular flexibility index (Phi) is 11.8. The van der Waals surface area contributed by atoms with Gasteiger partial charge in [-0.1, -0.05) is 23.2 Å². The van der Waals surface area contributed by atoms with Crippen LogP contribution in [0.25, 0.3) is 16.7 Å². The third kappa shape index (κ3) is 10.2. The fraction of sp³-hybridized carbons (Fsp3) is 0.382. The second kappa shape index (κ2) is 15.3. The summed E-state index contributed by atoms with van der Waals surface area (Å²) in [5.41, 5.74) is -0.703. The number of carboxylic acids is 1. The first kappa shape index (κ1) is 39.2. The average molecular weight is 764 g/mol. The molecule has 0 radical (unpaired) electrons. The van der Waals surface area contributed by atoms with Gasteiger partial charge >= 0.3 is 18.2 Å². The van der Waals surface area contributed by atoms with Crippen LogP contribution in [-0.4, -0.2) is 89.2 Å². The lowest BCUT2D eigenvalue weighted by molar-refractivity contribution is -0.135. The maximum Gasteiger partial charge on any atom is 0.416 e. The number of benzene rings is 2. The zero-order valence-corrected chi connectivity index (χ0v) is 31.6. The number of fused-ring (bicyclic) bond motifs is 1. The number of hydrogen-bond acceptors (Lipinski definition) is 9. The van der Waals surface area contributed by atoms with E-state index in [0.717, 1.165) is 4.31 Å². The third-order valence-corrected chi connectivity index (χ3v) is 9.21.